The molecule has 3 unspecified atom stereocenters. The first-order valence-electron chi connectivity index (χ1n) is 15.3. The lowest BCUT2D eigenvalue weighted by molar-refractivity contribution is -0.137. The predicted octanol–water partition coefficient (Wildman–Crippen LogP) is 3.78. The smallest absolute Gasteiger partial charge is 0.320 e. The van der Waals surface area contributed by atoms with Crippen molar-refractivity contribution in [3.05, 3.63) is 77.3 Å². The van der Waals surface area contributed by atoms with E-state index < -0.39 is 21.8 Å². The number of aliphatic hydroxyl groups is 1. The summed E-state index contributed by atoms with van der Waals surface area (Å²) in [5, 5.41) is 15.8. The summed E-state index contributed by atoms with van der Waals surface area (Å²) in [5.41, 5.74) is -0.349. The number of urea groups is 1. The number of nitrogens with one attached hydrogen (secondary N) is 1. The summed E-state index contributed by atoms with van der Waals surface area (Å²) in [6, 6.07) is 11.2. The molecule has 9 heteroatoms. The van der Waals surface area contributed by atoms with Gasteiger partial charge in [-0.2, -0.15) is 0 Å². The molecular weight excluding hydrogens is 548 g/mol. The van der Waals surface area contributed by atoms with Gasteiger partial charge in [-0.1, -0.05) is 67.5 Å². The average molecular weight is 591 g/mol. The number of aromatic nitrogens is 1. The molecule has 1 aromatic carbocycles. The summed E-state index contributed by atoms with van der Waals surface area (Å²) in [7, 11) is -1.32. The zero-order valence-electron chi connectivity index (χ0n) is 24.4. The van der Waals surface area contributed by atoms with Crippen LogP contribution in [0.3, 0.4) is 0 Å². The molecule has 1 aromatic heterocycles. The van der Waals surface area contributed by atoms with E-state index in [1.807, 2.05) is 40.1 Å². The van der Waals surface area contributed by atoms with Gasteiger partial charge in [0.05, 0.1) is 33.9 Å². The Morgan fingerprint density at radius 1 is 1.12 bits per heavy atom. The second kappa shape index (κ2) is 11.9. The number of benzene rings is 1. The lowest BCUT2D eigenvalue weighted by Gasteiger charge is -2.53. The molecule has 0 radical (unpaired) electrons. The van der Waals surface area contributed by atoms with Gasteiger partial charge in [0.25, 0.3) is 5.56 Å². The maximum atomic E-state index is 14.1. The zero-order valence-corrected chi connectivity index (χ0v) is 25.2. The van der Waals surface area contributed by atoms with Gasteiger partial charge < -0.3 is 24.8 Å². The maximum absolute atomic E-state index is 14.1. The molecule has 1 saturated carbocycles. The van der Waals surface area contributed by atoms with Crippen LogP contribution in [0.4, 0.5) is 4.79 Å². The van der Waals surface area contributed by atoms with Gasteiger partial charge in [-0.3, -0.25) is 9.00 Å². The number of allylic oxidation sites excluding steroid dienone is 3. The Morgan fingerprint density at radius 3 is 2.62 bits per heavy atom. The van der Waals surface area contributed by atoms with Gasteiger partial charge in [-0.25, -0.2) is 4.79 Å². The molecule has 2 N–H and O–H groups in total. The number of piperazine rings is 1. The number of piperidine rings is 1. The number of hydrogen-bond acceptors (Lipinski definition) is 5. The second-order valence-corrected chi connectivity index (χ2v) is 13.8. The van der Waals surface area contributed by atoms with Gasteiger partial charge >= 0.3 is 6.03 Å². The van der Waals surface area contributed by atoms with Crippen LogP contribution in [0.25, 0.3) is 11.1 Å². The van der Waals surface area contributed by atoms with Crippen molar-refractivity contribution >= 4 is 16.8 Å². The monoisotopic (exact) mass is 590 g/mol. The molecule has 42 heavy (non-hydrogen) atoms. The van der Waals surface area contributed by atoms with E-state index in [4.69, 9.17) is 0 Å². The van der Waals surface area contributed by atoms with Gasteiger partial charge in [0, 0.05) is 68.1 Å². The first kappa shape index (κ1) is 29.1. The van der Waals surface area contributed by atoms with E-state index in [-0.39, 0.29) is 30.1 Å². The molecule has 3 heterocycles. The molecule has 4 aliphatic rings. The fraction of sp³-hybridized carbons (Fsp3) is 0.515. The van der Waals surface area contributed by atoms with Crippen molar-refractivity contribution in [2.45, 2.75) is 61.6 Å². The molecule has 6 rings (SSSR count). The number of rotatable bonds is 5. The minimum atomic E-state index is -1.32. The highest BCUT2D eigenvalue weighted by molar-refractivity contribution is 7.84. The van der Waals surface area contributed by atoms with Crippen LogP contribution >= 0.6 is 0 Å². The lowest BCUT2D eigenvalue weighted by Crippen LogP contribution is -2.66. The Morgan fingerprint density at radius 2 is 1.90 bits per heavy atom. The molecular formula is C33H42N4O4S. The number of hydrogen-bond donors (Lipinski definition) is 2. The highest BCUT2D eigenvalue weighted by Crippen LogP contribution is 2.52. The Kier molecular flexibility index (Phi) is 8.26. The van der Waals surface area contributed by atoms with Gasteiger partial charge in [0.1, 0.15) is 0 Å². The summed E-state index contributed by atoms with van der Waals surface area (Å²) in [5.74, 6) is 0.290. The van der Waals surface area contributed by atoms with Gasteiger partial charge in [-0.05, 0) is 31.2 Å². The van der Waals surface area contributed by atoms with Crippen molar-refractivity contribution in [1.82, 2.24) is 19.7 Å². The molecule has 3 fully saturated rings. The van der Waals surface area contributed by atoms with Gasteiger partial charge in [0.15, 0.2) is 0 Å². The van der Waals surface area contributed by atoms with Crippen LogP contribution in [0.5, 0.6) is 0 Å². The molecule has 0 bridgehead atoms. The summed E-state index contributed by atoms with van der Waals surface area (Å²) >= 11 is 0. The first-order valence-corrected chi connectivity index (χ1v) is 16.8. The van der Waals surface area contributed by atoms with E-state index >= 15 is 0 Å². The van der Waals surface area contributed by atoms with E-state index in [0.29, 0.717) is 36.5 Å². The van der Waals surface area contributed by atoms with Crippen molar-refractivity contribution in [2.24, 2.45) is 11.3 Å². The highest BCUT2D eigenvalue weighted by atomic mass is 32.2. The SMILES string of the molecule is CS(=O)c1cn(CC2(O)CCN(C(=O)N3CCNC[C@H]3C3C=CC=CC3)CC23CCCC3)c(=O)cc1-c1ccccc1. The summed E-state index contributed by atoms with van der Waals surface area (Å²) < 4.78 is 14.4. The van der Waals surface area contributed by atoms with E-state index in [9.17, 15) is 18.9 Å². The van der Waals surface area contributed by atoms with Crippen LogP contribution in [0.15, 0.2) is 76.6 Å². The Balaban J connectivity index is 1.26. The quantitative estimate of drug-likeness (QED) is 0.553. The fourth-order valence-electron chi connectivity index (χ4n) is 7.70. The summed E-state index contributed by atoms with van der Waals surface area (Å²) in [6.07, 6.45) is 16.8. The van der Waals surface area contributed by atoms with E-state index in [1.54, 1.807) is 23.1 Å². The van der Waals surface area contributed by atoms with Crippen LogP contribution in [-0.4, -0.2) is 80.3 Å². The third kappa shape index (κ3) is 5.42. The van der Waals surface area contributed by atoms with Crippen LogP contribution in [-0.2, 0) is 17.3 Å². The van der Waals surface area contributed by atoms with E-state index in [0.717, 1.165) is 50.8 Å². The van der Waals surface area contributed by atoms with E-state index in [2.05, 4.69) is 29.6 Å². The predicted molar refractivity (Wildman–Crippen MR) is 166 cm³/mol. The minimum Gasteiger partial charge on any atom is -0.387 e. The number of pyridine rings is 1. The molecule has 2 saturated heterocycles. The van der Waals surface area contributed by atoms with E-state index in [1.165, 1.54) is 0 Å². The second-order valence-electron chi connectivity index (χ2n) is 12.5. The molecule has 2 aromatic rings. The number of likely N-dealkylation sites (tertiary alicyclic amines) is 1. The molecule has 224 valence electrons. The number of amides is 2. The largest absolute Gasteiger partial charge is 0.387 e. The number of carbonyl (C=O) groups excluding carboxylic acids is 1. The van der Waals surface area contributed by atoms with Crippen molar-refractivity contribution in [3.8, 4) is 11.1 Å². The fourth-order valence-corrected chi connectivity index (χ4v) is 8.47. The van der Waals surface area contributed by atoms with Crippen molar-refractivity contribution < 1.29 is 14.1 Å². The molecule has 1 spiro atoms. The standard InChI is InChI=1S/C33H42N4O4S/c1-42(41)29-22-36(30(38)20-27(29)25-10-4-2-5-11-25)24-33(40)16-18-35(23-32(33)14-8-9-15-32)31(39)37-19-17-34-21-28(37)26-12-6-3-7-13-26/h2-7,10-12,20,22,26,28,34,40H,8-9,13-19,21,23-24H2,1H3/t26?,28-,33?,42?/m0/s1. The Bertz CT molecular complexity index is 1450. The Hall–Kier alpha value is -3.01. The third-order valence-electron chi connectivity index (χ3n) is 10.1. The zero-order chi connectivity index (χ0) is 29.3. The van der Waals surface area contributed by atoms with Crippen molar-refractivity contribution in [1.29, 1.82) is 0 Å². The normalized spacial score (nSPS) is 27.9. The van der Waals surface area contributed by atoms with Gasteiger partial charge in [-0.15, -0.1) is 0 Å². The average Bonchev–Trinajstić information content (AvgIpc) is 3.50. The molecule has 8 nitrogen and oxygen atoms in total. The van der Waals surface area contributed by atoms with Crippen LogP contribution in [0, 0.1) is 11.3 Å². The Labute approximate surface area is 250 Å². The van der Waals surface area contributed by atoms with Crippen LogP contribution in [0.1, 0.15) is 38.5 Å². The topological polar surface area (TPSA) is 94.9 Å². The van der Waals surface area contributed by atoms with Crippen molar-refractivity contribution in [2.75, 3.05) is 39.0 Å². The molecule has 2 aliphatic carbocycles. The maximum Gasteiger partial charge on any atom is 0.320 e. The summed E-state index contributed by atoms with van der Waals surface area (Å²) in [6.45, 7) is 3.29. The van der Waals surface area contributed by atoms with Gasteiger partial charge in [0.2, 0.25) is 0 Å². The molecule has 4 atom stereocenters. The highest BCUT2D eigenvalue weighted by Gasteiger charge is 2.56. The number of nitrogens with zero attached hydrogens (tertiary/aromatic N) is 3. The lowest BCUT2D eigenvalue weighted by atomic mass is 9.66. The third-order valence-corrected chi connectivity index (χ3v) is 11.0. The minimum absolute atomic E-state index is 0.0609. The molecule has 2 aliphatic heterocycles. The molecule has 2 amide bonds. The summed E-state index contributed by atoms with van der Waals surface area (Å²) in [4.78, 5) is 32.1. The first-order chi connectivity index (χ1) is 20.3. The van der Waals surface area contributed by atoms with Crippen LogP contribution in [0.2, 0.25) is 0 Å². The van der Waals surface area contributed by atoms with Crippen LogP contribution < -0.4 is 10.9 Å². The van der Waals surface area contributed by atoms with Crippen molar-refractivity contribution in [3.63, 3.8) is 0 Å². The number of carbonyl (C=O) groups is 1.